The Bertz CT molecular complexity index is 1190. The molecule has 34 heavy (non-hydrogen) atoms. The molecule has 0 aromatic heterocycles. The summed E-state index contributed by atoms with van der Waals surface area (Å²) in [4.78, 5) is 25.5. The summed E-state index contributed by atoms with van der Waals surface area (Å²) in [5.41, 5.74) is 1.78. The van der Waals surface area contributed by atoms with Gasteiger partial charge in [-0.15, -0.1) is 0 Å². The second-order valence-corrected chi connectivity index (χ2v) is 10.7. The van der Waals surface area contributed by atoms with Gasteiger partial charge in [0.05, 0.1) is 13.7 Å². The highest BCUT2D eigenvalue weighted by Gasteiger charge is 2.42. The summed E-state index contributed by atoms with van der Waals surface area (Å²) in [5.74, 6) is -0.0626. The van der Waals surface area contributed by atoms with Crippen molar-refractivity contribution in [3.63, 3.8) is 0 Å². The fraction of sp³-hybridized carbons (Fsp3) is 0.385. The van der Waals surface area contributed by atoms with Crippen LogP contribution in [0.1, 0.15) is 66.9 Å². The largest absolute Gasteiger partial charge is 0.497 e. The van der Waals surface area contributed by atoms with Crippen molar-refractivity contribution in [1.29, 1.82) is 0 Å². The highest BCUT2D eigenvalue weighted by atomic mass is 32.2. The second kappa shape index (κ2) is 10.0. The van der Waals surface area contributed by atoms with Gasteiger partial charge in [-0.05, 0) is 67.3 Å². The van der Waals surface area contributed by atoms with Crippen LogP contribution in [-0.2, 0) is 21.4 Å². The van der Waals surface area contributed by atoms with E-state index in [1.165, 1.54) is 26.9 Å². The van der Waals surface area contributed by atoms with E-state index < -0.39 is 15.9 Å². The van der Waals surface area contributed by atoms with Crippen LogP contribution in [0, 0.1) is 0 Å². The molecular weight excluding hydrogens is 452 g/mol. The Morgan fingerprint density at radius 3 is 2.21 bits per heavy atom. The van der Waals surface area contributed by atoms with Gasteiger partial charge in [-0.3, -0.25) is 9.59 Å². The van der Waals surface area contributed by atoms with Crippen LogP contribution in [0.25, 0.3) is 4.91 Å². The van der Waals surface area contributed by atoms with Crippen molar-refractivity contribution in [3.8, 4) is 5.75 Å². The van der Waals surface area contributed by atoms with Gasteiger partial charge in [0.15, 0.2) is 0 Å². The third-order valence-electron chi connectivity index (χ3n) is 6.52. The lowest BCUT2D eigenvalue weighted by atomic mass is 10.1. The van der Waals surface area contributed by atoms with Gasteiger partial charge in [-0.25, -0.2) is 12.7 Å². The van der Waals surface area contributed by atoms with Gasteiger partial charge in [0.25, 0.3) is 21.8 Å². The number of methoxy groups -OCH3 is 1. The van der Waals surface area contributed by atoms with Crippen LogP contribution in [0.3, 0.4) is 0 Å². The maximum Gasteiger partial charge on any atom is 0.268 e. The standard InChI is InChI=1S/C26H30N2O5S/c1-18-24(20-13-15-23(33-2)16-14-20)34(31,32)28(26(18)30)17-19-9-11-21(12-10-19)25(29)27-22-7-5-3-4-6-8-22/h9-16,22H,3-8,17H2,1-2H3,(H,27,29). The first-order chi connectivity index (χ1) is 16.3. The fourth-order valence-electron chi connectivity index (χ4n) is 4.58. The predicted octanol–water partition coefficient (Wildman–Crippen LogP) is 4.25. The van der Waals surface area contributed by atoms with E-state index in [1.807, 2.05) is 0 Å². The van der Waals surface area contributed by atoms with Crippen molar-refractivity contribution in [2.45, 2.75) is 58.0 Å². The molecule has 0 radical (unpaired) electrons. The zero-order valence-corrected chi connectivity index (χ0v) is 20.4. The van der Waals surface area contributed by atoms with Gasteiger partial charge in [0, 0.05) is 17.2 Å². The smallest absolute Gasteiger partial charge is 0.268 e. The Hall–Kier alpha value is -3.13. The minimum absolute atomic E-state index is 0.0135. The fourth-order valence-corrected chi connectivity index (χ4v) is 6.38. The van der Waals surface area contributed by atoms with Crippen molar-refractivity contribution in [2.24, 2.45) is 0 Å². The summed E-state index contributed by atoms with van der Waals surface area (Å²) in [6, 6.07) is 13.6. The molecule has 0 bridgehead atoms. The van der Waals surface area contributed by atoms with Gasteiger partial charge < -0.3 is 10.1 Å². The molecule has 0 unspecified atom stereocenters. The molecule has 1 saturated carbocycles. The third kappa shape index (κ3) is 4.87. The minimum atomic E-state index is -4.00. The Morgan fingerprint density at radius 2 is 1.62 bits per heavy atom. The summed E-state index contributed by atoms with van der Waals surface area (Å²) >= 11 is 0. The molecule has 1 heterocycles. The van der Waals surface area contributed by atoms with Crippen molar-refractivity contribution < 1.29 is 22.7 Å². The normalized spacial score (nSPS) is 18.6. The summed E-state index contributed by atoms with van der Waals surface area (Å²) in [7, 11) is -2.47. The number of hydrogen-bond donors (Lipinski definition) is 1. The quantitative estimate of drug-likeness (QED) is 0.622. The van der Waals surface area contributed by atoms with Crippen LogP contribution >= 0.6 is 0 Å². The Balaban J connectivity index is 1.47. The Morgan fingerprint density at radius 1 is 1.00 bits per heavy atom. The molecule has 8 heteroatoms. The maximum absolute atomic E-state index is 13.2. The molecular formula is C26H30N2O5S. The molecule has 7 nitrogen and oxygen atoms in total. The van der Waals surface area contributed by atoms with E-state index >= 15 is 0 Å². The number of nitrogens with one attached hydrogen (secondary N) is 1. The third-order valence-corrected chi connectivity index (χ3v) is 8.45. The first-order valence-electron chi connectivity index (χ1n) is 11.6. The number of benzene rings is 2. The molecule has 1 fully saturated rings. The number of ether oxygens (including phenoxy) is 1. The molecule has 4 rings (SSSR count). The predicted molar refractivity (Wildman–Crippen MR) is 130 cm³/mol. The number of carbonyl (C=O) groups is 2. The molecule has 2 aromatic rings. The van der Waals surface area contributed by atoms with Gasteiger partial charge in [-0.2, -0.15) is 0 Å². The van der Waals surface area contributed by atoms with Crippen molar-refractivity contribution in [3.05, 3.63) is 70.8 Å². The number of hydrogen-bond acceptors (Lipinski definition) is 5. The number of sulfonamides is 1. The molecule has 1 aliphatic carbocycles. The highest BCUT2D eigenvalue weighted by Crippen LogP contribution is 2.37. The van der Waals surface area contributed by atoms with Crippen LogP contribution in [0.5, 0.6) is 5.75 Å². The molecule has 2 amide bonds. The summed E-state index contributed by atoms with van der Waals surface area (Å²) in [6.07, 6.45) is 6.70. The van der Waals surface area contributed by atoms with Gasteiger partial charge in [-0.1, -0.05) is 37.8 Å². The molecule has 2 aromatic carbocycles. The van der Waals surface area contributed by atoms with Gasteiger partial charge in [0.2, 0.25) is 0 Å². The number of amides is 2. The topological polar surface area (TPSA) is 92.8 Å². The van der Waals surface area contributed by atoms with E-state index in [4.69, 9.17) is 4.74 Å². The monoisotopic (exact) mass is 482 g/mol. The summed E-state index contributed by atoms with van der Waals surface area (Å²) in [6.45, 7) is 1.43. The van der Waals surface area contributed by atoms with Crippen LogP contribution in [0.4, 0.5) is 0 Å². The SMILES string of the molecule is COc1ccc(C2=C(C)C(=O)N(Cc3ccc(C(=O)NC4CCCCCC4)cc3)S2(=O)=O)cc1. The highest BCUT2D eigenvalue weighted by molar-refractivity contribution is 7.99. The first-order valence-corrected chi connectivity index (χ1v) is 13.1. The number of rotatable bonds is 6. The Labute approximate surface area is 200 Å². The molecule has 0 spiro atoms. The van der Waals surface area contributed by atoms with E-state index in [9.17, 15) is 18.0 Å². The van der Waals surface area contributed by atoms with Crippen LogP contribution in [-0.4, -0.2) is 37.7 Å². The number of carbonyl (C=O) groups excluding carboxylic acids is 2. The summed E-state index contributed by atoms with van der Waals surface area (Å²) in [5, 5.41) is 3.11. The van der Waals surface area contributed by atoms with E-state index in [1.54, 1.807) is 48.5 Å². The van der Waals surface area contributed by atoms with E-state index in [2.05, 4.69) is 5.32 Å². The van der Waals surface area contributed by atoms with Crippen molar-refractivity contribution in [1.82, 2.24) is 9.62 Å². The van der Waals surface area contributed by atoms with Crippen LogP contribution in [0.15, 0.2) is 54.1 Å². The molecule has 180 valence electrons. The molecule has 0 atom stereocenters. The minimum Gasteiger partial charge on any atom is -0.497 e. The van der Waals surface area contributed by atoms with Crippen LogP contribution in [0.2, 0.25) is 0 Å². The van der Waals surface area contributed by atoms with Crippen molar-refractivity contribution in [2.75, 3.05) is 7.11 Å². The van der Waals surface area contributed by atoms with E-state index in [-0.39, 0.29) is 29.0 Å². The molecule has 1 N–H and O–H groups in total. The lowest BCUT2D eigenvalue weighted by Gasteiger charge is -2.18. The molecule has 2 aliphatic rings. The molecule has 1 aliphatic heterocycles. The number of nitrogens with zero attached hydrogens (tertiary/aromatic N) is 1. The zero-order valence-electron chi connectivity index (χ0n) is 19.5. The second-order valence-electron chi connectivity index (χ2n) is 8.86. The lowest BCUT2D eigenvalue weighted by Crippen LogP contribution is -2.34. The van der Waals surface area contributed by atoms with Crippen LogP contribution < -0.4 is 10.1 Å². The van der Waals surface area contributed by atoms with E-state index in [0.717, 1.165) is 30.0 Å². The van der Waals surface area contributed by atoms with Crippen molar-refractivity contribution >= 4 is 26.7 Å². The Kier molecular flexibility index (Phi) is 7.07. The molecule has 0 saturated heterocycles. The first kappa shape index (κ1) is 24.0. The van der Waals surface area contributed by atoms with Gasteiger partial charge in [0.1, 0.15) is 10.7 Å². The average molecular weight is 483 g/mol. The zero-order chi connectivity index (χ0) is 24.3. The van der Waals surface area contributed by atoms with Gasteiger partial charge >= 0.3 is 0 Å². The maximum atomic E-state index is 13.2. The lowest BCUT2D eigenvalue weighted by molar-refractivity contribution is -0.122. The summed E-state index contributed by atoms with van der Waals surface area (Å²) < 4.78 is 32.5. The average Bonchev–Trinajstić information content (AvgIpc) is 3.02. The van der Waals surface area contributed by atoms with E-state index in [0.29, 0.717) is 22.4 Å².